The summed E-state index contributed by atoms with van der Waals surface area (Å²) in [6.07, 6.45) is 1.47. The molecule has 0 aliphatic carbocycles. The van der Waals surface area contributed by atoms with Gasteiger partial charge in [0.2, 0.25) is 5.91 Å². The fourth-order valence-electron chi connectivity index (χ4n) is 1.71. The summed E-state index contributed by atoms with van der Waals surface area (Å²) < 4.78 is 0. The van der Waals surface area contributed by atoms with Gasteiger partial charge in [-0.2, -0.15) is 0 Å². The molecule has 0 saturated heterocycles. The topological polar surface area (TPSA) is 55.1 Å². The van der Waals surface area contributed by atoms with Gasteiger partial charge >= 0.3 is 0 Å². The average Bonchev–Trinajstić information content (AvgIpc) is 2.40. The Balaban J connectivity index is 0.00000361. The van der Waals surface area contributed by atoms with E-state index in [9.17, 15) is 4.79 Å². The maximum atomic E-state index is 11.8. The van der Waals surface area contributed by atoms with Crippen molar-refractivity contribution in [2.24, 2.45) is 11.7 Å². The Kier molecular flexibility index (Phi) is 9.23. The standard InChI is InChI=1S/C14H20Cl2N2O.ClH/c1-3-9(2)13(17)14(19)18-8-7-10-11(15)5-4-6-12(10)16;/h4-6,9,13H,3,7-8,17H2,1-2H3,(H,18,19);1H. The van der Waals surface area contributed by atoms with Crippen LogP contribution in [0, 0.1) is 5.92 Å². The third kappa shape index (κ3) is 5.49. The summed E-state index contributed by atoms with van der Waals surface area (Å²) in [5, 5.41) is 4.06. The van der Waals surface area contributed by atoms with Crippen LogP contribution in [0.1, 0.15) is 25.8 Å². The molecule has 0 fully saturated rings. The van der Waals surface area contributed by atoms with Crippen LogP contribution in [0.25, 0.3) is 0 Å². The molecule has 3 N–H and O–H groups in total. The Morgan fingerprint density at radius 1 is 1.35 bits per heavy atom. The van der Waals surface area contributed by atoms with Crippen LogP contribution in [-0.4, -0.2) is 18.5 Å². The molecule has 1 amide bonds. The van der Waals surface area contributed by atoms with E-state index < -0.39 is 6.04 Å². The molecule has 2 atom stereocenters. The number of benzene rings is 1. The lowest BCUT2D eigenvalue weighted by molar-refractivity contribution is -0.123. The maximum absolute atomic E-state index is 11.8. The lowest BCUT2D eigenvalue weighted by Crippen LogP contribution is -2.45. The molecule has 0 aliphatic rings. The van der Waals surface area contributed by atoms with Crippen LogP contribution < -0.4 is 11.1 Å². The van der Waals surface area contributed by atoms with Crippen LogP contribution in [0.15, 0.2) is 18.2 Å². The van der Waals surface area contributed by atoms with E-state index in [1.165, 1.54) is 0 Å². The van der Waals surface area contributed by atoms with E-state index in [0.29, 0.717) is 23.0 Å². The minimum Gasteiger partial charge on any atom is -0.354 e. The molecule has 0 saturated carbocycles. The van der Waals surface area contributed by atoms with Gasteiger partial charge in [-0.3, -0.25) is 4.79 Å². The molecule has 0 bridgehead atoms. The minimum absolute atomic E-state index is 0. The second-order valence-corrected chi connectivity index (χ2v) is 5.47. The van der Waals surface area contributed by atoms with Crippen molar-refractivity contribution in [1.82, 2.24) is 5.32 Å². The van der Waals surface area contributed by atoms with Gasteiger partial charge in [0.25, 0.3) is 0 Å². The van der Waals surface area contributed by atoms with Crippen molar-refractivity contribution in [2.45, 2.75) is 32.7 Å². The van der Waals surface area contributed by atoms with Crippen LogP contribution in [-0.2, 0) is 11.2 Å². The summed E-state index contributed by atoms with van der Waals surface area (Å²) in [4.78, 5) is 11.8. The third-order valence-corrected chi connectivity index (χ3v) is 4.00. The highest BCUT2D eigenvalue weighted by atomic mass is 35.5. The van der Waals surface area contributed by atoms with Crippen molar-refractivity contribution >= 4 is 41.5 Å². The number of carbonyl (C=O) groups excluding carboxylic acids is 1. The van der Waals surface area contributed by atoms with Gasteiger partial charge in [0.1, 0.15) is 0 Å². The number of rotatable bonds is 6. The number of hydrogen-bond donors (Lipinski definition) is 2. The van der Waals surface area contributed by atoms with Crippen LogP contribution in [0.2, 0.25) is 10.0 Å². The molecule has 6 heteroatoms. The molecule has 1 aromatic carbocycles. The predicted octanol–water partition coefficient (Wildman–Crippen LogP) is 3.45. The molecule has 3 nitrogen and oxygen atoms in total. The lowest BCUT2D eigenvalue weighted by atomic mass is 9.99. The second-order valence-electron chi connectivity index (χ2n) is 4.65. The quantitative estimate of drug-likeness (QED) is 0.834. The lowest BCUT2D eigenvalue weighted by Gasteiger charge is -2.17. The zero-order valence-electron chi connectivity index (χ0n) is 11.7. The number of carbonyl (C=O) groups is 1. The molecular formula is C14H21Cl3N2O. The van der Waals surface area contributed by atoms with E-state index in [2.05, 4.69) is 5.32 Å². The molecule has 114 valence electrons. The van der Waals surface area contributed by atoms with Gasteiger partial charge in [0.05, 0.1) is 6.04 Å². The largest absolute Gasteiger partial charge is 0.354 e. The first kappa shape index (κ1) is 19.5. The summed E-state index contributed by atoms with van der Waals surface area (Å²) >= 11 is 12.1. The summed E-state index contributed by atoms with van der Waals surface area (Å²) in [7, 11) is 0. The highest BCUT2D eigenvalue weighted by molar-refractivity contribution is 6.35. The molecular weight excluding hydrogens is 319 g/mol. The van der Waals surface area contributed by atoms with E-state index in [1.807, 2.05) is 13.8 Å². The maximum Gasteiger partial charge on any atom is 0.237 e. The van der Waals surface area contributed by atoms with E-state index in [-0.39, 0.29) is 24.2 Å². The Bertz CT molecular complexity index is 420. The average molecular weight is 340 g/mol. The van der Waals surface area contributed by atoms with Crippen molar-refractivity contribution in [3.05, 3.63) is 33.8 Å². The highest BCUT2D eigenvalue weighted by Gasteiger charge is 2.18. The second kappa shape index (κ2) is 9.46. The molecule has 2 unspecified atom stereocenters. The predicted molar refractivity (Wildman–Crippen MR) is 87.9 cm³/mol. The van der Waals surface area contributed by atoms with Gasteiger partial charge in [-0.25, -0.2) is 0 Å². The number of amides is 1. The van der Waals surface area contributed by atoms with Gasteiger partial charge in [-0.1, -0.05) is 49.5 Å². The van der Waals surface area contributed by atoms with Crippen LogP contribution in [0.3, 0.4) is 0 Å². The summed E-state index contributed by atoms with van der Waals surface area (Å²) in [6.45, 7) is 4.46. The Morgan fingerprint density at radius 2 is 1.90 bits per heavy atom. The van der Waals surface area contributed by atoms with E-state index >= 15 is 0 Å². The number of nitrogens with two attached hydrogens (primary N) is 1. The van der Waals surface area contributed by atoms with Gasteiger partial charge in [-0.15, -0.1) is 12.4 Å². The monoisotopic (exact) mass is 338 g/mol. The zero-order chi connectivity index (χ0) is 14.4. The molecule has 20 heavy (non-hydrogen) atoms. The fourth-order valence-corrected chi connectivity index (χ4v) is 2.30. The zero-order valence-corrected chi connectivity index (χ0v) is 14.0. The molecule has 0 heterocycles. The molecule has 0 aliphatic heterocycles. The van der Waals surface area contributed by atoms with Gasteiger partial charge in [0.15, 0.2) is 0 Å². The first-order valence-electron chi connectivity index (χ1n) is 6.43. The SMILES string of the molecule is CCC(C)C(N)C(=O)NCCc1c(Cl)cccc1Cl.Cl. The summed E-state index contributed by atoms with van der Waals surface area (Å²) in [5.74, 6) is 0.0430. The Hall–Kier alpha value is -0.480. The molecule has 1 aromatic rings. The van der Waals surface area contributed by atoms with E-state index in [1.54, 1.807) is 18.2 Å². The number of nitrogens with one attached hydrogen (secondary N) is 1. The van der Waals surface area contributed by atoms with Gasteiger partial charge < -0.3 is 11.1 Å². The van der Waals surface area contributed by atoms with E-state index in [4.69, 9.17) is 28.9 Å². The van der Waals surface area contributed by atoms with Gasteiger partial charge in [0, 0.05) is 16.6 Å². The van der Waals surface area contributed by atoms with Crippen molar-refractivity contribution in [1.29, 1.82) is 0 Å². The van der Waals surface area contributed by atoms with Gasteiger partial charge in [-0.05, 0) is 30.0 Å². The van der Waals surface area contributed by atoms with Crippen LogP contribution >= 0.6 is 35.6 Å². The normalized spacial score (nSPS) is 13.2. The Labute approximate surface area is 136 Å². The fraction of sp³-hybridized carbons (Fsp3) is 0.500. The molecule has 0 aromatic heterocycles. The third-order valence-electron chi connectivity index (χ3n) is 3.30. The molecule has 0 spiro atoms. The summed E-state index contributed by atoms with van der Waals surface area (Å²) in [5.41, 5.74) is 6.70. The number of hydrogen-bond acceptors (Lipinski definition) is 2. The van der Waals surface area contributed by atoms with Crippen molar-refractivity contribution in [3.63, 3.8) is 0 Å². The number of halogens is 3. The minimum atomic E-state index is -0.466. The van der Waals surface area contributed by atoms with Crippen LogP contribution in [0.4, 0.5) is 0 Å². The van der Waals surface area contributed by atoms with E-state index in [0.717, 1.165) is 12.0 Å². The first-order valence-corrected chi connectivity index (χ1v) is 7.19. The summed E-state index contributed by atoms with van der Waals surface area (Å²) in [6, 6.07) is 4.91. The van der Waals surface area contributed by atoms with Crippen molar-refractivity contribution in [3.8, 4) is 0 Å². The Morgan fingerprint density at radius 3 is 2.40 bits per heavy atom. The smallest absolute Gasteiger partial charge is 0.237 e. The molecule has 1 rings (SSSR count). The van der Waals surface area contributed by atoms with Crippen molar-refractivity contribution < 1.29 is 4.79 Å². The van der Waals surface area contributed by atoms with Crippen molar-refractivity contribution in [2.75, 3.05) is 6.54 Å². The molecule has 0 radical (unpaired) electrons. The van der Waals surface area contributed by atoms with Crippen LogP contribution in [0.5, 0.6) is 0 Å². The highest BCUT2D eigenvalue weighted by Crippen LogP contribution is 2.24. The first-order chi connectivity index (χ1) is 8.97.